The molecule has 2 nitrogen and oxygen atoms in total. The van der Waals surface area contributed by atoms with Crippen molar-refractivity contribution in [2.75, 3.05) is 9.13 Å². The molecule has 2 aliphatic heterocycles. The molecule has 0 N–H and O–H groups in total. The molecule has 1 spiro atoms. The van der Waals surface area contributed by atoms with E-state index in [1.54, 1.807) is 0 Å². The van der Waals surface area contributed by atoms with Crippen molar-refractivity contribution in [3.8, 4) is 11.1 Å². The second-order valence-corrected chi connectivity index (χ2v) is 14.9. The van der Waals surface area contributed by atoms with E-state index in [1.807, 2.05) is 0 Å². The third kappa shape index (κ3) is 3.33. The van der Waals surface area contributed by atoms with E-state index in [0.29, 0.717) is 0 Å². The summed E-state index contributed by atoms with van der Waals surface area (Å²) in [4.78, 5) is 0. The van der Waals surface area contributed by atoms with Gasteiger partial charge in [0.25, 0.3) is 0 Å². The number of nitrogens with zero attached hydrogens (tertiary/aromatic N) is 2. The number of aryl methyl sites for hydroxylation is 6. The van der Waals surface area contributed by atoms with Crippen molar-refractivity contribution >= 4 is 41.5 Å². The second kappa shape index (κ2) is 8.46. The van der Waals surface area contributed by atoms with E-state index in [1.165, 1.54) is 77.6 Å². The molecule has 0 amide bonds. The van der Waals surface area contributed by atoms with E-state index in [2.05, 4.69) is 148 Å². The lowest BCUT2D eigenvalue weighted by Gasteiger charge is -2.42. The molecule has 0 atom stereocenters. The summed E-state index contributed by atoms with van der Waals surface area (Å²) in [6.45, 7) is 13.4. The van der Waals surface area contributed by atoms with Crippen LogP contribution in [0.2, 0.25) is 0 Å². The first kappa shape index (κ1) is 24.0. The zero-order valence-corrected chi connectivity index (χ0v) is 24.6. The van der Waals surface area contributed by atoms with Gasteiger partial charge < -0.3 is 9.13 Å². The Morgan fingerprint density at radius 2 is 0.795 bits per heavy atom. The number of anilines is 4. The minimum Gasteiger partial charge on any atom is -0.341 e. The molecule has 39 heavy (non-hydrogen) atoms. The molecule has 0 bridgehead atoms. The molecule has 0 unspecified atom stereocenters. The maximum absolute atomic E-state index is 2.83. The van der Waals surface area contributed by atoms with Crippen molar-refractivity contribution in [1.29, 1.82) is 0 Å². The van der Waals surface area contributed by atoms with Crippen molar-refractivity contribution in [3.63, 3.8) is 0 Å². The van der Waals surface area contributed by atoms with Crippen molar-refractivity contribution in [2.45, 2.75) is 41.5 Å². The Morgan fingerprint density at radius 1 is 0.436 bits per heavy atom. The molecule has 0 saturated carbocycles. The van der Waals surface area contributed by atoms with Crippen LogP contribution in [0.4, 0.5) is 22.7 Å². The van der Waals surface area contributed by atoms with Crippen LogP contribution in [0.3, 0.4) is 0 Å². The predicted octanol–water partition coefficient (Wildman–Crippen LogP) is 8.06. The molecule has 2 heterocycles. The second-order valence-electron chi connectivity index (χ2n) is 11.6. The smallest absolute Gasteiger partial charge is 0.341 e. The van der Waals surface area contributed by atoms with Crippen LogP contribution in [0.15, 0.2) is 97.1 Å². The fourth-order valence-corrected chi connectivity index (χ4v) is 12.4. The Balaban J connectivity index is 1.70. The van der Waals surface area contributed by atoms with Crippen LogP contribution in [0.1, 0.15) is 33.4 Å². The number of hydrogen-bond donors (Lipinski definition) is 0. The quantitative estimate of drug-likeness (QED) is 0.216. The first-order chi connectivity index (χ1) is 18.8. The number of benzene rings is 5. The molecule has 0 fully saturated rings. The van der Waals surface area contributed by atoms with Gasteiger partial charge in [-0.2, -0.15) is 0 Å². The van der Waals surface area contributed by atoms with Gasteiger partial charge in [-0.15, -0.1) is 0 Å². The highest BCUT2D eigenvalue weighted by molar-refractivity contribution is 7.12. The summed E-state index contributed by atoms with van der Waals surface area (Å²) in [6.07, 6.45) is 0. The standard InChI is InChI=1S/C36H34N2Si/c1-23-15-24(2)18-29(17-23)37-33-21-27(5)28(6)22-34(33)38(30-19-25(3)16-26(4)20-30)39(37)35-13-9-7-11-31(35)32-12-8-10-14-36(32)39/h7-22H,1-6H3. The van der Waals surface area contributed by atoms with Gasteiger partial charge in [0.05, 0.1) is 11.4 Å². The molecule has 2 aliphatic rings. The summed E-state index contributed by atoms with van der Waals surface area (Å²) in [6, 6.07) is 37.3. The highest BCUT2D eigenvalue weighted by atomic mass is 28.3. The van der Waals surface area contributed by atoms with Gasteiger partial charge in [0.15, 0.2) is 0 Å². The van der Waals surface area contributed by atoms with Crippen molar-refractivity contribution in [2.24, 2.45) is 0 Å². The first-order valence-corrected chi connectivity index (χ1v) is 15.8. The van der Waals surface area contributed by atoms with Crippen LogP contribution < -0.4 is 19.5 Å². The Bertz CT molecular complexity index is 1630. The SMILES string of the molecule is Cc1cc(C)cc(N2c3cc(C)c(C)cc3N(c3cc(C)cc(C)c3)[Si]23c2ccccc2-c2ccccc23)c1. The lowest BCUT2D eigenvalue weighted by Crippen LogP contribution is -2.73. The molecule has 0 saturated heterocycles. The van der Waals surface area contributed by atoms with Crippen LogP contribution in [-0.2, 0) is 0 Å². The van der Waals surface area contributed by atoms with Gasteiger partial charge in [-0.1, -0.05) is 60.7 Å². The highest BCUT2D eigenvalue weighted by Gasteiger charge is 2.61. The fourth-order valence-electron chi connectivity index (χ4n) is 7.07. The predicted molar refractivity (Wildman–Crippen MR) is 169 cm³/mol. The van der Waals surface area contributed by atoms with Gasteiger partial charge in [-0.3, -0.25) is 0 Å². The molecule has 0 aliphatic carbocycles. The molecule has 0 radical (unpaired) electrons. The Kier molecular flexibility index (Phi) is 5.20. The topological polar surface area (TPSA) is 6.48 Å². The van der Waals surface area contributed by atoms with Crippen molar-refractivity contribution < 1.29 is 0 Å². The first-order valence-electron chi connectivity index (χ1n) is 13.9. The largest absolute Gasteiger partial charge is 0.341 e. The van der Waals surface area contributed by atoms with Crippen molar-refractivity contribution in [3.05, 3.63) is 130 Å². The van der Waals surface area contributed by atoms with E-state index in [-0.39, 0.29) is 0 Å². The zero-order chi connectivity index (χ0) is 27.1. The van der Waals surface area contributed by atoms with E-state index in [4.69, 9.17) is 0 Å². The maximum Gasteiger partial charge on any atom is 0.341 e. The van der Waals surface area contributed by atoms with Crippen molar-refractivity contribution in [1.82, 2.24) is 0 Å². The highest BCUT2D eigenvalue weighted by Crippen LogP contribution is 2.54. The zero-order valence-electron chi connectivity index (χ0n) is 23.6. The average Bonchev–Trinajstić information content (AvgIpc) is 3.34. The summed E-state index contributed by atoms with van der Waals surface area (Å²) in [5, 5.41) is 2.91. The van der Waals surface area contributed by atoms with E-state index >= 15 is 0 Å². The molecule has 192 valence electrons. The summed E-state index contributed by atoms with van der Waals surface area (Å²) in [5.41, 5.74) is 15.7. The molecule has 7 rings (SSSR count). The third-order valence-corrected chi connectivity index (χ3v) is 13.2. The van der Waals surface area contributed by atoms with Gasteiger partial charge in [-0.25, -0.2) is 0 Å². The number of hydrogen-bond acceptors (Lipinski definition) is 2. The summed E-state index contributed by atoms with van der Waals surface area (Å²) in [5.74, 6) is 0. The number of rotatable bonds is 2. The van der Waals surface area contributed by atoms with Crippen LogP contribution in [0.25, 0.3) is 11.1 Å². The molecule has 0 aromatic heterocycles. The Morgan fingerprint density at radius 3 is 1.18 bits per heavy atom. The summed E-state index contributed by atoms with van der Waals surface area (Å²) < 4.78 is 5.52. The molecule has 3 heteroatoms. The van der Waals surface area contributed by atoms with Crippen LogP contribution >= 0.6 is 0 Å². The van der Waals surface area contributed by atoms with E-state index in [0.717, 1.165) is 0 Å². The lowest BCUT2D eigenvalue weighted by molar-refractivity contribution is 1.30. The minimum absolute atomic E-state index is 1.28. The maximum atomic E-state index is 2.76. The molecule has 5 aromatic carbocycles. The summed E-state index contributed by atoms with van der Waals surface area (Å²) >= 11 is 0. The van der Waals surface area contributed by atoms with Gasteiger partial charge in [0.1, 0.15) is 0 Å². The summed E-state index contributed by atoms with van der Waals surface area (Å²) in [7, 11) is -2.83. The number of fused-ring (bicyclic) bond motifs is 6. The lowest BCUT2D eigenvalue weighted by atomic mass is 10.1. The molecular weight excluding hydrogens is 488 g/mol. The average molecular weight is 523 g/mol. The molecular formula is C36H34N2Si. The monoisotopic (exact) mass is 522 g/mol. The van der Waals surface area contributed by atoms with Crippen LogP contribution in [0.5, 0.6) is 0 Å². The van der Waals surface area contributed by atoms with Gasteiger partial charge in [-0.05, 0) is 133 Å². The van der Waals surface area contributed by atoms with E-state index < -0.39 is 8.40 Å². The van der Waals surface area contributed by atoms with Crippen LogP contribution in [-0.4, -0.2) is 8.40 Å². The minimum atomic E-state index is -2.83. The molecule has 5 aromatic rings. The Labute approximate surface area is 233 Å². The normalized spacial score (nSPS) is 14.5. The van der Waals surface area contributed by atoms with Crippen LogP contribution in [0, 0.1) is 41.5 Å². The van der Waals surface area contributed by atoms with Gasteiger partial charge in [0.2, 0.25) is 0 Å². The Hall–Kier alpha value is -4.08. The third-order valence-electron chi connectivity index (χ3n) is 8.54. The fraction of sp³-hybridized carbons (Fsp3) is 0.167. The van der Waals surface area contributed by atoms with Gasteiger partial charge in [0, 0.05) is 11.4 Å². The van der Waals surface area contributed by atoms with Gasteiger partial charge >= 0.3 is 8.40 Å². The van der Waals surface area contributed by atoms with E-state index in [9.17, 15) is 0 Å².